The molecule has 0 spiro atoms. The molecule has 0 aromatic carbocycles. The Morgan fingerprint density at radius 2 is 2.00 bits per heavy atom. The normalized spacial score (nSPS) is 9.30. The van der Waals surface area contributed by atoms with E-state index in [-0.39, 0.29) is 5.91 Å². The third-order valence-electron chi connectivity index (χ3n) is 1.16. The number of hydrogen-bond donors (Lipinski definition) is 0. The minimum absolute atomic E-state index is 0.00463. The predicted molar refractivity (Wildman–Crippen MR) is 41.6 cm³/mol. The molecular weight excluding hydrogens is 146 g/mol. The summed E-state index contributed by atoms with van der Waals surface area (Å²) in [7, 11) is 0. The van der Waals surface area contributed by atoms with Gasteiger partial charge in [0.25, 0.3) is 0 Å². The van der Waals surface area contributed by atoms with E-state index in [0.717, 1.165) is 4.51 Å². The van der Waals surface area contributed by atoms with Crippen LogP contribution in [0, 0.1) is 4.51 Å². The molecule has 0 aliphatic heterocycles. The Bertz CT molecular complexity index is 282. The van der Waals surface area contributed by atoms with E-state index in [9.17, 15) is 4.79 Å². The number of hydrogen-bond acceptors (Lipinski definition) is 2. The molecule has 1 aromatic rings. The highest BCUT2D eigenvalue weighted by molar-refractivity contribution is 7.71. The van der Waals surface area contributed by atoms with Gasteiger partial charge in [-0.05, 0) is 12.1 Å². The van der Waals surface area contributed by atoms with Crippen LogP contribution in [0.2, 0.25) is 0 Å². The van der Waals surface area contributed by atoms with Gasteiger partial charge in [-0.2, -0.15) is 0 Å². The maximum absolute atomic E-state index is 10.7. The van der Waals surface area contributed by atoms with Crippen molar-refractivity contribution in [2.24, 2.45) is 0 Å². The molecule has 52 valence electrons. The van der Waals surface area contributed by atoms with Crippen molar-refractivity contribution in [3.05, 3.63) is 29.0 Å². The molecule has 2 nitrogen and oxygen atoms in total. The van der Waals surface area contributed by atoms with Crippen LogP contribution in [0.3, 0.4) is 0 Å². The molecule has 0 amide bonds. The zero-order valence-electron chi connectivity index (χ0n) is 5.57. The van der Waals surface area contributed by atoms with Gasteiger partial charge < -0.3 is 0 Å². The van der Waals surface area contributed by atoms with Crippen LogP contribution in [0.5, 0.6) is 0 Å². The second kappa shape index (κ2) is 2.75. The van der Waals surface area contributed by atoms with Gasteiger partial charge in [0.15, 0.2) is 0 Å². The van der Waals surface area contributed by atoms with Crippen LogP contribution in [0.1, 0.15) is 11.7 Å². The van der Waals surface area contributed by atoms with Crippen LogP contribution in [0.4, 0.5) is 0 Å². The van der Waals surface area contributed by atoms with Gasteiger partial charge in [-0.25, -0.2) is 0 Å². The summed E-state index contributed by atoms with van der Waals surface area (Å²) in [5.41, 5.74) is 0. The van der Waals surface area contributed by atoms with E-state index in [1.54, 1.807) is 24.5 Å². The highest BCUT2D eigenvalue weighted by atomic mass is 32.1. The zero-order chi connectivity index (χ0) is 7.56. The molecule has 0 atom stereocenters. The van der Waals surface area contributed by atoms with Crippen LogP contribution in [0.15, 0.2) is 24.5 Å². The summed E-state index contributed by atoms with van der Waals surface area (Å²) in [4.78, 5) is 10.7. The lowest BCUT2D eigenvalue weighted by atomic mass is 10.5. The molecule has 0 fully saturated rings. The van der Waals surface area contributed by atoms with Crippen molar-refractivity contribution in [3.63, 3.8) is 0 Å². The Morgan fingerprint density at radius 1 is 1.50 bits per heavy atom. The van der Waals surface area contributed by atoms with Crippen LogP contribution in [-0.4, -0.2) is 10.5 Å². The van der Waals surface area contributed by atoms with E-state index in [2.05, 4.69) is 0 Å². The van der Waals surface area contributed by atoms with Gasteiger partial charge in [0.05, 0.1) is 0 Å². The summed E-state index contributed by atoms with van der Waals surface area (Å²) in [5, 5.41) is 0. The van der Waals surface area contributed by atoms with Crippen LogP contribution in [0.25, 0.3) is 0 Å². The van der Waals surface area contributed by atoms with Crippen molar-refractivity contribution in [1.82, 2.24) is 4.57 Å². The van der Waals surface area contributed by atoms with Gasteiger partial charge in [-0.1, -0.05) is 12.2 Å². The van der Waals surface area contributed by atoms with E-state index in [4.69, 9.17) is 12.2 Å². The second-order valence-corrected chi connectivity index (χ2v) is 2.43. The average molecular weight is 153 g/mol. The molecule has 0 saturated heterocycles. The van der Waals surface area contributed by atoms with E-state index >= 15 is 0 Å². The Kier molecular flexibility index (Phi) is 1.97. The van der Waals surface area contributed by atoms with Gasteiger partial charge in [-0.15, -0.1) is 0 Å². The monoisotopic (exact) mass is 153 g/mol. The fourth-order valence-electron chi connectivity index (χ4n) is 0.623. The van der Waals surface area contributed by atoms with Crippen molar-refractivity contribution in [3.8, 4) is 0 Å². The number of carbonyl (C=O) groups excluding carboxylic acids is 1. The molecular formula is C7H7NOS. The van der Waals surface area contributed by atoms with Gasteiger partial charge in [-0.3, -0.25) is 9.36 Å². The molecule has 0 aliphatic carbocycles. The molecule has 0 radical (unpaired) electrons. The van der Waals surface area contributed by atoms with Crippen LogP contribution < -0.4 is 0 Å². The molecule has 1 aromatic heterocycles. The van der Waals surface area contributed by atoms with Gasteiger partial charge >= 0.3 is 0 Å². The number of carbonyl (C=O) groups is 1. The lowest BCUT2D eigenvalue weighted by molar-refractivity contribution is 0.0936. The molecule has 0 bridgehead atoms. The smallest absolute Gasteiger partial charge is 0.227 e. The maximum atomic E-state index is 10.7. The minimum Gasteiger partial charge on any atom is -0.295 e. The zero-order valence-corrected chi connectivity index (χ0v) is 6.39. The molecule has 0 unspecified atom stereocenters. The number of aromatic nitrogens is 1. The molecule has 1 rings (SSSR count). The molecule has 0 saturated carbocycles. The lowest BCUT2D eigenvalue weighted by Gasteiger charge is -1.96. The van der Waals surface area contributed by atoms with E-state index in [0.29, 0.717) is 0 Å². The minimum atomic E-state index is -0.00463. The summed E-state index contributed by atoms with van der Waals surface area (Å²) in [6, 6.07) is 3.44. The van der Waals surface area contributed by atoms with E-state index in [1.807, 2.05) is 0 Å². The quantitative estimate of drug-likeness (QED) is 0.531. The third kappa shape index (κ3) is 1.51. The molecule has 0 N–H and O–H groups in total. The van der Waals surface area contributed by atoms with Crippen molar-refractivity contribution < 1.29 is 4.79 Å². The first kappa shape index (κ1) is 7.15. The molecule has 1 heterocycles. The summed E-state index contributed by atoms with van der Waals surface area (Å²) in [6.45, 7) is 1.50. The van der Waals surface area contributed by atoms with Crippen LogP contribution in [-0.2, 0) is 0 Å². The van der Waals surface area contributed by atoms with Gasteiger partial charge in [0.2, 0.25) is 5.91 Å². The molecule has 10 heavy (non-hydrogen) atoms. The van der Waals surface area contributed by atoms with Crippen molar-refractivity contribution in [2.45, 2.75) is 6.92 Å². The third-order valence-corrected chi connectivity index (χ3v) is 1.43. The number of nitrogens with zero attached hydrogens (tertiary/aromatic N) is 1. The topological polar surface area (TPSA) is 22.0 Å². The highest BCUT2D eigenvalue weighted by Crippen LogP contribution is 1.90. The molecule has 3 heteroatoms. The average Bonchev–Trinajstić information content (AvgIpc) is 1.88. The summed E-state index contributed by atoms with van der Waals surface area (Å²) < 4.78 is 2.23. The largest absolute Gasteiger partial charge is 0.295 e. The first-order chi connectivity index (χ1) is 4.70. The SMILES string of the molecule is CC(=O)n1ccc(=S)cc1. The van der Waals surface area contributed by atoms with Gasteiger partial charge in [0.1, 0.15) is 0 Å². The Hall–Kier alpha value is -0.960. The van der Waals surface area contributed by atoms with Crippen LogP contribution >= 0.6 is 12.2 Å². The standard InChI is InChI=1S/C7H7NOS/c1-6(9)8-4-2-7(10)3-5-8/h2-5H,1H3. The fourth-order valence-corrected chi connectivity index (χ4v) is 0.744. The number of pyridine rings is 1. The number of rotatable bonds is 0. The van der Waals surface area contributed by atoms with Crippen molar-refractivity contribution >= 4 is 18.1 Å². The van der Waals surface area contributed by atoms with E-state index < -0.39 is 0 Å². The Morgan fingerprint density at radius 3 is 2.40 bits per heavy atom. The fraction of sp³-hybridized carbons (Fsp3) is 0.143. The predicted octanol–water partition coefficient (Wildman–Crippen LogP) is 1.88. The maximum Gasteiger partial charge on any atom is 0.227 e. The first-order valence-electron chi connectivity index (χ1n) is 2.89. The Labute approximate surface area is 64.1 Å². The van der Waals surface area contributed by atoms with Gasteiger partial charge in [0, 0.05) is 23.8 Å². The first-order valence-corrected chi connectivity index (χ1v) is 3.30. The summed E-state index contributed by atoms with van der Waals surface area (Å²) >= 11 is 4.83. The lowest BCUT2D eigenvalue weighted by Crippen LogP contribution is -2.03. The summed E-state index contributed by atoms with van der Waals surface area (Å²) in [6.07, 6.45) is 3.31. The Balaban J connectivity index is 3.12. The van der Waals surface area contributed by atoms with E-state index in [1.165, 1.54) is 11.5 Å². The highest BCUT2D eigenvalue weighted by Gasteiger charge is 1.89. The van der Waals surface area contributed by atoms with Crippen molar-refractivity contribution in [1.29, 1.82) is 0 Å². The summed E-state index contributed by atoms with van der Waals surface area (Å²) in [5.74, 6) is -0.00463. The molecule has 0 aliphatic rings. The van der Waals surface area contributed by atoms with Crippen molar-refractivity contribution in [2.75, 3.05) is 0 Å². The second-order valence-electron chi connectivity index (χ2n) is 1.96.